The Morgan fingerprint density at radius 1 is 1.15 bits per heavy atom. The number of nitrogens with zero attached hydrogens (tertiary/aromatic N) is 1. The third-order valence-electron chi connectivity index (χ3n) is 4.16. The van der Waals surface area contributed by atoms with Crippen LogP contribution in [0.2, 0.25) is 0 Å². The molecule has 5 nitrogen and oxygen atoms in total. The molecule has 136 valence electrons. The predicted octanol–water partition coefficient (Wildman–Crippen LogP) is 3.35. The number of carbonyl (C=O) groups excluding carboxylic acids is 2. The molecule has 2 aromatic carbocycles. The van der Waals surface area contributed by atoms with Crippen molar-refractivity contribution in [2.75, 3.05) is 11.9 Å². The highest BCUT2D eigenvalue weighted by Crippen LogP contribution is 2.29. The molecule has 0 unspecified atom stereocenters. The minimum atomic E-state index is -0.317. The second-order valence-electron chi connectivity index (χ2n) is 6.31. The first kappa shape index (κ1) is 17.9. The maximum Gasteiger partial charge on any atom is 0.261 e. The summed E-state index contributed by atoms with van der Waals surface area (Å²) in [5.74, 6) is -0.305. The highest BCUT2D eigenvalue weighted by molar-refractivity contribution is 5.90. The highest BCUT2D eigenvalue weighted by Gasteiger charge is 2.33. The Balaban J connectivity index is 1.66. The number of hydrogen-bond acceptors (Lipinski definition) is 3. The van der Waals surface area contributed by atoms with Crippen molar-refractivity contribution in [2.45, 2.75) is 32.4 Å². The van der Waals surface area contributed by atoms with Crippen LogP contribution in [0.4, 0.5) is 10.1 Å². The van der Waals surface area contributed by atoms with Crippen molar-refractivity contribution in [2.24, 2.45) is 0 Å². The Labute approximate surface area is 151 Å². The van der Waals surface area contributed by atoms with Gasteiger partial charge < -0.3 is 15.0 Å². The molecule has 6 heteroatoms. The first-order valence-electron chi connectivity index (χ1n) is 8.57. The van der Waals surface area contributed by atoms with Gasteiger partial charge in [-0.2, -0.15) is 0 Å². The largest absolute Gasteiger partial charge is 0.482 e. The zero-order chi connectivity index (χ0) is 18.5. The number of ether oxygens (including phenoxy) is 1. The first-order chi connectivity index (χ1) is 12.5. The van der Waals surface area contributed by atoms with Crippen LogP contribution in [0.15, 0.2) is 48.5 Å². The standard InChI is InChI=1S/C20H21FN2O3/c1-14(24)22-18-8-4-5-9-19(18)26-13-20(25)23(16-10-11-16)12-15-6-2-3-7-17(15)21/h2-9,16H,10-13H2,1H3,(H,22,24). The fourth-order valence-electron chi connectivity index (χ4n) is 2.73. The van der Waals surface area contributed by atoms with E-state index in [1.54, 1.807) is 47.4 Å². The fraction of sp³-hybridized carbons (Fsp3) is 0.300. The number of benzene rings is 2. The Morgan fingerprint density at radius 2 is 1.85 bits per heavy atom. The van der Waals surface area contributed by atoms with Crippen molar-refractivity contribution in [3.8, 4) is 5.75 Å². The summed E-state index contributed by atoms with van der Waals surface area (Å²) in [6.45, 7) is 1.47. The number of amides is 2. The van der Waals surface area contributed by atoms with E-state index in [4.69, 9.17) is 4.74 Å². The van der Waals surface area contributed by atoms with Gasteiger partial charge in [-0.25, -0.2) is 4.39 Å². The van der Waals surface area contributed by atoms with Gasteiger partial charge in [0.05, 0.1) is 5.69 Å². The average Bonchev–Trinajstić information content (AvgIpc) is 3.44. The average molecular weight is 356 g/mol. The quantitative estimate of drug-likeness (QED) is 0.828. The molecule has 1 aliphatic carbocycles. The van der Waals surface area contributed by atoms with E-state index in [1.165, 1.54) is 13.0 Å². The van der Waals surface area contributed by atoms with Crippen molar-refractivity contribution in [1.29, 1.82) is 0 Å². The molecule has 0 atom stereocenters. The SMILES string of the molecule is CC(=O)Nc1ccccc1OCC(=O)N(Cc1ccccc1F)C1CC1. The number of hydrogen-bond donors (Lipinski definition) is 1. The van der Waals surface area contributed by atoms with E-state index in [-0.39, 0.29) is 36.8 Å². The smallest absolute Gasteiger partial charge is 0.261 e. The number of nitrogens with one attached hydrogen (secondary N) is 1. The monoisotopic (exact) mass is 356 g/mol. The zero-order valence-electron chi connectivity index (χ0n) is 14.6. The second-order valence-corrected chi connectivity index (χ2v) is 6.31. The van der Waals surface area contributed by atoms with Crippen molar-refractivity contribution in [3.63, 3.8) is 0 Å². The molecular weight excluding hydrogens is 335 g/mol. The van der Waals surface area contributed by atoms with E-state index in [0.29, 0.717) is 17.0 Å². The van der Waals surface area contributed by atoms with E-state index < -0.39 is 0 Å². The third kappa shape index (κ3) is 4.59. The zero-order valence-corrected chi connectivity index (χ0v) is 14.6. The summed E-state index contributed by atoms with van der Waals surface area (Å²) in [4.78, 5) is 25.6. The molecule has 26 heavy (non-hydrogen) atoms. The van der Waals surface area contributed by atoms with Gasteiger partial charge in [-0.05, 0) is 31.0 Å². The van der Waals surface area contributed by atoms with Gasteiger partial charge in [0.1, 0.15) is 11.6 Å². The molecule has 0 radical (unpaired) electrons. The molecule has 0 heterocycles. The molecule has 0 spiro atoms. The summed E-state index contributed by atoms with van der Waals surface area (Å²) in [5, 5.41) is 2.67. The minimum absolute atomic E-state index is 0.135. The minimum Gasteiger partial charge on any atom is -0.482 e. The van der Waals surface area contributed by atoms with Crippen molar-refractivity contribution >= 4 is 17.5 Å². The molecule has 0 bridgehead atoms. The molecule has 1 N–H and O–H groups in total. The Hall–Kier alpha value is -2.89. The second kappa shape index (κ2) is 7.99. The number of carbonyl (C=O) groups is 2. The van der Waals surface area contributed by atoms with Crippen LogP contribution in [0.3, 0.4) is 0 Å². The normalized spacial score (nSPS) is 13.2. The topological polar surface area (TPSA) is 58.6 Å². The maximum atomic E-state index is 13.9. The highest BCUT2D eigenvalue weighted by atomic mass is 19.1. The Morgan fingerprint density at radius 3 is 2.54 bits per heavy atom. The lowest BCUT2D eigenvalue weighted by Crippen LogP contribution is -2.36. The molecular formula is C20H21FN2O3. The van der Waals surface area contributed by atoms with E-state index in [0.717, 1.165) is 12.8 Å². The summed E-state index contributed by atoms with van der Waals surface area (Å²) >= 11 is 0. The number of para-hydroxylation sites is 2. The van der Waals surface area contributed by atoms with Gasteiger partial charge in [0.25, 0.3) is 5.91 Å². The molecule has 2 amide bonds. The van der Waals surface area contributed by atoms with Crippen LogP contribution >= 0.6 is 0 Å². The molecule has 3 rings (SSSR count). The van der Waals surface area contributed by atoms with Crippen molar-refractivity contribution in [3.05, 3.63) is 59.9 Å². The molecule has 1 saturated carbocycles. The van der Waals surface area contributed by atoms with E-state index in [9.17, 15) is 14.0 Å². The molecule has 0 saturated heterocycles. The van der Waals surface area contributed by atoms with Crippen LogP contribution in [0.1, 0.15) is 25.3 Å². The first-order valence-corrected chi connectivity index (χ1v) is 8.57. The predicted molar refractivity (Wildman–Crippen MR) is 96.2 cm³/mol. The van der Waals surface area contributed by atoms with Crippen LogP contribution in [0, 0.1) is 5.82 Å². The Bertz CT molecular complexity index is 805. The number of anilines is 1. The van der Waals surface area contributed by atoms with Gasteiger partial charge in [0.15, 0.2) is 6.61 Å². The summed E-state index contributed by atoms with van der Waals surface area (Å²) in [7, 11) is 0. The van der Waals surface area contributed by atoms with Crippen LogP contribution in [0.25, 0.3) is 0 Å². The van der Waals surface area contributed by atoms with Gasteiger partial charge in [0, 0.05) is 25.1 Å². The lowest BCUT2D eigenvalue weighted by Gasteiger charge is -2.23. The summed E-state index contributed by atoms with van der Waals surface area (Å²) in [6, 6.07) is 13.5. The maximum absolute atomic E-state index is 13.9. The molecule has 2 aromatic rings. The van der Waals surface area contributed by atoms with Crippen LogP contribution in [-0.2, 0) is 16.1 Å². The van der Waals surface area contributed by atoms with E-state index >= 15 is 0 Å². The molecule has 1 aliphatic rings. The van der Waals surface area contributed by atoms with Gasteiger partial charge in [-0.1, -0.05) is 30.3 Å². The lowest BCUT2D eigenvalue weighted by atomic mass is 10.2. The van der Waals surface area contributed by atoms with Gasteiger partial charge >= 0.3 is 0 Å². The fourth-order valence-corrected chi connectivity index (χ4v) is 2.73. The number of rotatable bonds is 7. The van der Waals surface area contributed by atoms with Crippen molar-refractivity contribution in [1.82, 2.24) is 4.90 Å². The molecule has 0 aliphatic heterocycles. The number of halogens is 1. The van der Waals surface area contributed by atoms with Gasteiger partial charge in [-0.15, -0.1) is 0 Å². The lowest BCUT2D eigenvalue weighted by molar-refractivity contribution is -0.134. The van der Waals surface area contributed by atoms with Crippen LogP contribution in [-0.4, -0.2) is 29.4 Å². The van der Waals surface area contributed by atoms with Crippen LogP contribution in [0.5, 0.6) is 5.75 Å². The van der Waals surface area contributed by atoms with Gasteiger partial charge in [-0.3, -0.25) is 9.59 Å². The summed E-state index contributed by atoms with van der Waals surface area (Å²) in [6.07, 6.45) is 1.84. The van der Waals surface area contributed by atoms with E-state index in [2.05, 4.69) is 5.32 Å². The summed E-state index contributed by atoms with van der Waals surface area (Å²) in [5.41, 5.74) is 1.01. The molecule has 1 fully saturated rings. The third-order valence-corrected chi connectivity index (χ3v) is 4.16. The van der Waals surface area contributed by atoms with Gasteiger partial charge in [0.2, 0.25) is 5.91 Å². The molecule has 0 aromatic heterocycles. The van der Waals surface area contributed by atoms with Crippen LogP contribution < -0.4 is 10.1 Å². The van der Waals surface area contributed by atoms with E-state index in [1.807, 2.05) is 0 Å². The Kier molecular flexibility index (Phi) is 5.51. The summed E-state index contributed by atoms with van der Waals surface area (Å²) < 4.78 is 19.5. The van der Waals surface area contributed by atoms with Crippen molar-refractivity contribution < 1.29 is 18.7 Å².